The molecule has 0 unspecified atom stereocenters. The van der Waals surface area contributed by atoms with Crippen LogP contribution < -0.4 is 10.6 Å². The first-order valence-electron chi connectivity index (χ1n) is 9.92. The third-order valence-electron chi connectivity index (χ3n) is 5.07. The Balaban J connectivity index is 1.76. The summed E-state index contributed by atoms with van der Waals surface area (Å²) in [6, 6.07) is 24.4. The van der Waals surface area contributed by atoms with Gasteiger partial charge in [0.15, 0.2) is 0 Å². The Kier molecular flexibility index (Phi) is 6.28. The van der Waals surface area contributed by atoms with Gasteiger partial charge in [0, 0.05) is 10.7 Å². The molecule has 160 valence electrons. The van der Waals surface area contributed by atoms with Gasteiger partial charge in [-0.05, 0) is 35.7 Å². The van der Waals surface area contributed by atoms with Crippen molar-refractivity contribution in [1.82, 2.24) is 9.97 Å². The summed E-state index contributed by atoms with van der Waals surface area (Å²) in [5.41, 5.74) is 3.05. The van der Waals surface area contributed by atoms with Crippen LogP contribution in [0.25, 0.3) is 0 Å². The molecular weight excluding hydrogens is 426 g/mol. The monoisotopic (exact) mass is 445 g/mol. The zero-order chi connectivity index (χ0) is 22.5. The number of hydrogen-bond acceptors (Lipinski definition) is 6. The Bertz CT molecular complexity index is 1200. The molecule has 0 amide bonds. The maximum atomic E-state index is 12.1. The van der Waals surface area contributed by atoms with Gasteiger partial charge in [0.05, 0.1) is 11.0 Å². The zero-order valence-corrected chi connectivity index (χ0v) is 18.0. The van der Waals surface area contributed by atoms with E-state index in [1.165, 1.54) is 6.33 Å². The van der Waals surface area contributed by atoms with Gasteiger partial charge >= 0.3 is 5.69 Å². The summed E-state index contributed by atoms with van der Waals surface area (Å²) in [6.45, 7) is 1.83. The third kappa shape index (κ3) is 4.53. The van der Waals surface area contributed by atoms with Crippen LogP contribution in [0.2, 0.25) is 5.02 Å². The molecular formula is C24H20ClN5O2. The van der Waals surface area contributed by atoms with E-state index in [2.05, 4.69) is 20.6 Å². The standard InChI is InChI=1S/C24H20ClN5O2/c1-16-19(25)13-8-14-20(16)28-23-22(30(31)32)24(27-15-26-23)29-21(17-9-4-2-5-10-17)18-11-6-3-7-12-18/h2-15,21H,1H3,(H2,26,27,28,29). The van der Waals surface area contributed by atoms with Crippen LogP contribution >= 0.6 is 11.6 Å². The average molecular weight is 446 g/mol. The van der Waals surface area contributed by atoms with Crippen LogP contribution in [0.15, 0.2) is 85.2 Å². The molecule has 0 aliphatic rings. The second-order valence-corrected chi connectivity index (χ2v) is 7.52. The molecule has 1 heterocycles. The molecule has 3 aromatic carbocycles. The molecule has 0 bridgehead atoms. The number of halogens is 1. The van der Waals surface area contributed by atoms with E-state index in [1.54, 1.807) is 18.2 Å². The van der Waals surface area contributed by atoms with E-state index in [0.29, 0.717) is 10.7 Å². The molecule has 0 radical (unpaired) electrons. The van der Waals surface area contributed by atoms with Gasteiger partial charge < -0.3 is 10.6 Å². The fourth-order valence-electron chi connectivity index (χ4n) is 3.41. The molecule has 0 saturated heterocycles. The number of nitro groups is 1. The predicted octanol–water partition coefficient (Wildman–Crippen LogP) is 6.29. The number of anilines is 3. The van der Waals surface area contributed by atoms with Gasteiger partial charge in [-0.25, -0.2) is 9.97 Å². The lowest BCUT2D eigenvalue weighted by atomic mass is 9.99. The summed E-state index contributed by atoms with van der Waals surface area (Å²) in [6.07, 6.45) is 1.30. The number of benzene rings is 3. The van der Waals surface area contributed by atoms with Gasteiger partial charge in [-0.1, -0.05) is 78.3 Å². The second-order valence-electron chi connectivity index (χ2n) is 7.11. The molecule has 4 rings (SSSR count). The first-order chi connectivity index (χ1) is 15.5. The summed E-state index contributed by atoms with van der Waals surface area (Å²) < 4.78 is 0. The van der Waals surface area contributed by atoms with E-state index in [0.717, 1.165) is 16.7 Å². The second kappa shape index (κ2) is 9.45. The number of hydrogen-bond donors (Lipinski definition) is 2. The van der Waals surface area contributed by atoms with Crippen molar-refractivity contribution in [2.45, 2.75) is 13.0 Å². The van der Waals surface area contributed by atoms with Crippen molar-refractivity contribution in [3.05, 3.63) is 117 Å². The molecule has 0 atom stereocenters. The van der Waals surface area contributed by atoms with Crippen LogP contribution in [-0.4, -0.2) is 14.9 Å². The number of nitrogens with one attached hydrogen (secondary N) is 2. The van der Waals surface area contributed by atoms with Gasteiger partial charge in [-0.15, -0.1) is 0 Å². The fraction of sp³-hybridized carbons (Fsp3) is 0.0833. The van der Waals surface area contributed by atoms with Gasteiger partial charge in [-0.3, -0.25) is 10.1 Å². The fourth-order valence-corrected chi connectivity index (χ4v) is 3.58. The van der Waals surface area contributed by atoms with Crippen molar-refractivity contribution < 1.29 is 4.92 Å². The highest BCUT2D eigenvalue weighted by Crippen LogP contribution is 2.36. The number of rotatable bonds is 7. The summed E-state index contributed by atoms with van der Waals surface area (Å²) in [4.78, 5) is 19.9. The van der Waals surface area contributed by atoms with E-state index in [-0.39, 0.29) is 23.4 Å². The van der Waals surface area contributed by atoms with Crippen molar-refractivity contribution in [2.24, 2.45) is 0 Å². The molecule has 4 aromatic rings. The lowest BCUT2D eigenvalue weighted by molar-refractivity contribution is -0.383. The number of nitrogens with zero attached hydrogens (tertiary/aromatic N) is 3. The van der Waals surface area contributed by atoms with Crippen molar-refractivity contribution in [2.75, 3.05) is 10.6 Å². The van der Waals surface area contributed by atoms with Crippen LogP contribution in [0.4, 0.5) is 23.0 Å². The Morgan fingerprint density at radius 3 is 2.06 bits per heavy atom. The minimum atomic E-state index is -0.488. The van der Waals surface area contributed by atoms with E-state index in [1.807, 2.05) is 67.6 Å². The van der Waals surface area contributed by atoms with Crippen molar-refractivity contribution in [1.29, 1.82) is 0 Å². The van der Waals surface area contributed by atoms with Gasteiger partial charge in [0.1, 0.15) is 6.33 Å². The summed E-state index contributed by atoms with van der Waals surface area (Å²) >= 11 is 6.20. The molecule has 2 N–H and O–H groups in total. The Hall–Kier alpha value is -3.97. The molecule has 8 heteroatoms. The summed E-state index contributed by atoms with van der Waals surface area (Å²) in [5, 5.41) is 18.9. The highest BCUT2D eigenvalue weighted by molar-refractivity contribution is 6.31. The molecule has 7 nitrogen and oxygen atoms in total. The van der Waals surface area contributed by atoms with Gasteiger partial charge in [-0.2, -0.15) is 0 Å². The maximum Gasteiger partial charge on any atom is 0.353 e. The van der Waals surface area contributed by atoms with E-state index in [9.17, 15) is 10.1 Å². The van der Waals surface area contributed by atoms with Crippen molar-refractivity contribution in [3.8, 4) is 0 Å². The minimum absolute atomic E-state index is 0.0812. The molecule has 0 fully saturated rings. The van der Waals surface area contributed by atoms with Gasteiger partial charge in [0.2, 0.25) is 11.6 Å². The lowest BCUT2D eigenvalue weighted by Gasteiger charge is -2.21. The Morgan fingerprint density at radius 2 is 1.47 bits per heavy atom. The van der Waals surface area contributed by atoms with Crippen LogP contribution in [0.3, 0.4) is 0 Å². The van der Waals surface area contributed by atoms with Crippen LogP contribution in [0.1, 0.15) is 22.7 Å². The quantitative estimate of drug-likeness (QED) is 0.256. The normalized spacial score (nSPS) is 10.7. The van der Waals surface area contributed by atoms with Crippen LogP contribution in [0, 0.1) is 17.0 Å². The molecule has 32 heavy (non-hydrogen) atoms. The van der Waals surface area contributed by atoms with Crippen molar-refractivity contribution >= 4 is 34.6 Å². The first-order valence-corrected chi connectivity index (χ1v) is 10.3. The van der Waals surface area contributed by atoms with Gasteiger partial charge in [0.25, 0.3) is 0 Å². The predicted molar refractivity (Wildman–Crippen MR) is 127 cm³/mol. The third-order valence-corrected chi connectivity index (χ3v) is 5.48. The summed E-state index contributed by atoms with van der Waals surface area (Å²) in [7, 11) is 0. The SMILES string of the molecule is Cc1c(Cl)cccc1Nc1ncnc(NC(c2ccccc2)c2ccccc2)c1[N+](=O)[O-]. The van der Waals surface area contributed by atoms with E-state index < -0.39 is 4.92 Å². The van der Waals surface area contributed by atoms with Crippen molar-refractivity contribution in [3.63, 3.8) is 0 Å². The average Bonchev–Trinajstić information content (AvgIpc) is 2.81. The molecule has 0 spiro atoms. The summed E-state index contributed by atoms with van der Waals surface area (Å²) in [5.74, 6) is 0.197. The highest BCUT2D eigenvalue weighted by atomic mass is 35.5. The van der Waals surface area contributed by atoms with Crippen LogP contribution in [-0.2, 0) is 0 Å². The molecule has 0 aliphatic carbocycles. The topological polar surface area (TPSA) is 93.0 Å². The maximum absolute atomic E-state index is 12.1. The lowest BCUT2D eigenvalue weighted by Crippen LogP contribution is -2.15. The Morgan fingerprint density at radius 1 is 0.875 bits per heavy atom. The molecule has 0 aliphatic heterocycles. The first kappa shape index (κ1) is 21.3. The molecule has 0 saturated carbocycles. The van der Waals surface area contributed by atoms with E-state index in [4.69, 9.17) is 11.6 Å². The zero-order valence-electron chi connectivity index (χ0n) is 17.2. The number of aromatic nitrogens is 2. The van der Waals surface area contributed by atoms with Crippen LogP contribution in [0.5, 0.6) is 0 Å². The van der Waals surface area contributed by atoms with E-state index >= 15 is 0 Å². The minimum Gasteiger partial charge on any atom is -0.353 e. The highest BCUT2D eigenvalue weighted by Gasteiger charge is 2.26. The molecule has 1 aromatic heterocycles. The smallest absolute Gasteiger partial charge is 0.353 e. The Labute approximate surface area is 190 Å². The largest absolute Gasteiger partial charge is 0.353 e.